The molecule has 1 aliphatic rings. The van der Waals surface area contributed by atoms with E-state index in [1.165, 1.54) is 4.31 Å². The van der Waals surface area contributed by atoms with E-state index in [1.807, 2.05) is 25.1 Å². The van der Waals surface area contributed by atoms with Gasteiger partial charge in [-0.05, 0) is 31.2 Å². The Morgan fingerprint density at radius 3 is 2.24 bits per heavy atom. The lowest BCUT2D eigenvalue weighted by molar-refractivity contribution is 0.139. The third kappa shape index (κ3) is 3.59. The number of nitrogens with zero attached hydrogens (tertiary/aromatic N) is 4. The van der Waals surface area contributed by atoms with Crippen LogP contribution in [-0.4, -0.2) is 53.4 Å². The Hall–Kier alpha value is -2.55. The molecule has 0 amide bonds. The zero-order valence-electron chi connectivity index (χ0n) is 16.5. The summed E-state index contributed by atoms with van der Waals surface area (Å²) in [5.41, 5.74) is 0.616. The van der Waals surface area contributed by atoms with Crippen LogP contribution >= 0.6 is 0 Å². The van der Waals surface area contributed by atoms with Crippen LogP contribution in [0.5, 0.6) is 0 Å². The van der Waals surface area contributed by atoms with E-state index in [-0.39, 0.29) is 11.6 Å². The molecule has 152 valence electrons. The number of benzene rings is 2. The van der Waals surface area contributed by atoms with Crippen molar-refractivity contribution in [2.75, 3.05) is 26.2 Å². The summed E-state index contributed by atoms with van der Waals surface area (Å²) in [6.07, 6.45) is 0. The number of sulfonamides is 1. The van der Waals surface area contributed by atoms with Gasteiger partial charge < -0.3 is 0 Å². The Labute approximate surface area is 170 Å². The molecule has 0 aliphatic carbocycles. The van der Waals surface area contributed by atoms with E-state index in [1.54, 1.807) is 48.0 Å². The minimum atomic E-state index is -3.48. The fourth-order valence-corrected chi connectivity index (χ4v) is 5.29. The Balaban J connectivity index is 1.54. The van der Waals surface area contributed by atoms with Crippen molar-refractivity contribution in [3.8, 4) is 0 Å². The molecule has 8 heteroatoms. The molecule has 4 rings (SSSR count). The highest BCUT2D eigenvalue weighted by Crippen LogP contribution is 2.23. The van der Waals surface area contributed by atoms with Crippen LogP contribution in [0.25, 0.3) is 10.9 Å². The summed E-state index contributed by atoms with van der Waals surface area (Å²) in [6.45, 7) is 3.98. The molecular formula is C21H24N4O3S. The third-order valence-electron chi connectivity index (χ3n) is 5.59. The van der Waals surface area contributed by atoms with Crippen LogP contribution in [0, 0.1) is 0 Å². The van der Waals surface area contributed by atoms with Crippen molar-refractivity contribution < 1.29 is 8.42 Å². The largest absolute Gasteiger partial charge is 0.298 e. The van der Waals surface area contributed by atoms with Gasteiger partial charge in [0.1, 0.15) is 5.82 Å². The first-order valence-electron chi connectivity index (χ1n) is 9.64. The number of rotatable bonds is 4. The number of piperazine rings is 1. The van der Waals surface area contributed by atoms with Gasteiger partial charge in [-0.2, -0.15) is 4.31 Å². The topological polar surface area (TPSA) is 75.5 Å². The lowest BCUT2D eigenvalue weighted by Gasteiger charge is -2.37. The monoisotopic (exact) mass is 412 g/mol. The third-order valence-corrected chi connectivity index (χ3v) is 7.51. The smallest absolute Gasteiger partial charge is 0.261 e. The highest BCUT2D eigenvalue weighted by atomic mass is 32.2. The maximum absolute atomic E-state index is 12.8. The maximum atomic E-state index is 12.8. The minimum Gasteiger partial charge on any atom is -0.298 e. The van der Waals surface area contributed by atoms with Crippen LogP contribution in [0.3, 0.4) is 0 Å². The summed E-state index contributed by atoms with van der Waals surface area (Å²) < 4.78 is 28.8. The van der Waals surface area contributed by atoms with Crippen LogP contribution in [0.2, 0.25) is 0 Å². The van der Waals surface area contributed by atoms with E-state index in [4.69, 9.17) is 4.98 Å². The Morgan fingerprint density at radius 1 is 0.931 bits per heavy atom. The maximum Gasteiger partial charge on any atom is 0.261 e. The van der Waals surface area contributed by atoms with E-state index in [9.17, 15) is 13.2 Å². The normalized spacial score (nSPS) is 17.4. The first kappa shape index (κ1) is 19.8. The molecule has 1 aliphatic heterocycles. The predicted molar refractivity (Wildman–Crippen MR) is 112 cm³/mol. The summed E-state index contributed by atoms with van der Waals surface area (Å²) in [6, 6.07) is 15.8. The van der Waals surface area contributed by atoms with Gasteiger partial charge in [0.15, 0.2) is 0 Å². The minimum absolute atomic E-state index is 0.0669. The average Bonchev–Trinajstić information content (AvgIpc) is 2.76. The fourth-order valence-electron chi connectivity index (χ4n) is 3.84. The van der Waals surface area contributed by atoms with Gasteiger partial charge in [0.25, 0.3) is 5.56 Å². The molecular weight excluding hydrogens is 388 g/mol. The van der Waals surface area contributed by atoms with Crippen molar-refractivity contribution >= 4 is 20.9 Å². The number of para-hydroxylation sites is 1. The highest BCUT2D eigenvalue weighted by Gasteiger charge is 2.31. The summed E-state index contributed by atoms with van der Waals surface area (Å²) in [5.74, 6) is 0.688. The zero-order valence-corrected chi connectivity index (χ0v) is 17.3. The summed E-state index contributed by atoms with van der Waals surface area (Å²) >= 11 is 0. The van der Waals surface area contributed by atoms with Gasteiger partial charge >= 0.3 is 0 Å². The second-order valence-corrected chi connectivity index (χ2v) is 9.22. The number of fused-ring (bicyclic) bond motifs is 1. The molecule has 0 spiro atoms. The van der Waals surface area contributed by atoms with Gasteiger partial charge in [-0.3, -0.25) is 14.3 Å². The molecule has 0 radical (unpaired) electrons. The van der Waals surface area contributed by atoms with Crippen molar-refractivity contribution in [1.29, 1.82) is 0 Å². The predicted octanol–water partition coefficient (Wildman–Crippen LogP) is 2.00. The van der Waals surface area contributed by atoms with Crippen molar-refractivity contribution in [3.05, 3.63) is 70.8 Å². The summed E-state index contributed by atoms with van der Waals surface area (Å²) in [7, 11) is -1.74. The molecule has 2 aromatic carbocycles. The van der Waals surface area contributed by atoms with Gasteiger partial charge in [-0.15, -0.1) is 0 Å². The van der Waals surface area contributed by atoms with Gasteiger partial charge in [-0.25, -0.2) is 13.4 Å². The standard InChI is InChI=1S/C21H24N4O3S/c1-16(20-22-19-11-7-6-10-18(19)21(26)23(20)2)24-12-14-25(15-13-24)29(27,28)17-8-4-3-5-9-17/h3-11,16H,12-15H2,1-2H3. The Morgan fingerprint density at radius 2 is 1.55 bits per heavy atom. The first-order valence-corrected chi connectivity index (χ1v) is 11.1. The molecule has 3 aromatic rings. The van der Waals surface area contributed by atoms with Crippen LogP contribution in [0.4, 0.5) is 0 Å². The molecule has 1 atom stereocenters. The van der Waals surface area contributed by atoms with E-state index in [2.05, 4.69) is 4.90 Å². The second kappa shape index (κ2) is 7.70. The molecule has 2 heterocycles. The average molecular weight is 413 g/mol. The molecule has 1 unspecified atom stereocenters. The first-order chi connectivity index (χ1) is 13.9. The Bertz CT molecular complexity index is 1180. The van der Waals surface area contributed by atoms with Gasteiger partial charge in [0, 0.05) is 33.2 Å². The number of hydrogen-bond donors (Lipinski definition) is 0. The highest BCUT2D eigenvalue weighted by molar-refractivity contribution is 7.89. The van der Waals surface area contributed by atoms with Crippen LogP contribution in [0.1, 0.15) is 18.8 Å². The van der Waals surface area contributed by atoms with Gasteiger partial charge in [0.05, 0.1) is 21.8 Å². The zero-order chi connectivity index (χ0) is 20.6. The molecule has 0 N–H and O–H groups in total. The van der Waals surface area contributed by atoms with Crippen molar-refractivity contribution in [3.63, 3.8) is 0 Å². The number of aromatic nitrogens is 2. The molecule has 0 bridgehead atoms. The second-order valence-electron chi connectivity index (χ2n) is 7.28. The molecule has 1 aromatic heterocycles. The fraction of sp³-hybridized carbons (Fsp3) is 0.333. The van der Waals surface area contributed by atoms with E-state index in [0.29, 0.717) is 47.8 Å². The van der Waals surface area contributed by atoms with Crippen LogP contribution in [0.15, 0.2) is 64.3 Å². The Kier molecular flexibility index (Phi) is 5.24. The van der Waals surface area contributed by atoms with Crippen LogP contribution in [-0.2, 0) is 17.1 Å². The molecule has 29 heavy (non-hydrogen) atoms. The SMILES string of the molecule is CC(c1nc2ccccc2c(=O)n1C)N1CCN(S(=O)(=O)c2ccccc2)CC1. The van der Waals surface area contributed by atoms with Crippen molar-refractivity contribution in [2.45, 2.75) is 17.9 Å². The molecule has 0 saturated carbocycles. The van der Waals surface area contributed by atoms with Gasteiger partial charge in [0.2, 0.25) is 10.0 Å². The quantitative estimate of drug-likeness (QED) is 0.655. The van der Waals surface area contributed by atoms with E-state index >= 15 is 0 Å². The van der Waals surface area contributed by atoms with Crippen molar-refractivity contribution in [1.82, 2.24) is 18.8 Å². The molecule has 7 nitrogen and oxygen atoms in total. The lowest BCUT2D eigenvalue weighted by Crippen LogP contribution is -2.49. The van der Waals surface area contributed by atoms with Gasteiger partial charge in [-0.1, -0.05) is 30.3 Å². The molecule has 1 fully saturated rings. The van der Waals surface area contributed by atoms with E-state index < -0.39 is 10.0 Å². The molecule has 1 saturated heterocycles. The summed E-state index contributed by atoms with van der Waals surface area (Å²) in [5, 5.41) is 0.602. The van der Waals surface area contributed by atoms with E-state index in [0.717, 1.165) is 0 Å². The summed E-state index contributed by atoms with van der Waals surface area (Å²) in [4.78, 5) is 19.9. The van der Waals surface area contributed by atoms with Crippen LogP contribution < -0.4 is 5.56 Å². The lowest BCUT2D eigenvalue weighted by atomic mass is 10.2. The van der Waals surface area contributed by atoms with Crippen molar-refractivity contribution in [2.24, 2.45) is 7.05 Å². The number of hydrogen-bond acceptors (Lipinski definition) is 5.